The van der Waals surface area contributed by atoms with Crippen molar-refractivity contribution < 1.29 is 37.3 Å². The molecule has 2 rings (SSSR count). The SMILES string of the molecule is O=C(O)C=Cc1ccc(C(=O)Oc2ccc(OCCCCC(F)(F)F)cc2)cc1. The Hall–Kier alpha value is -3.29. The van der Waals surface area contributed by atoms with Gasteiger partial charge in [0.15, 0.2) is 0 Å². The minimum Gasteiger partial charge on any atom is -0.494 e. The second-order valence-electron chi connectivity index (χ2n) is 6.08. The molecule has 2 aromatic rings. The van der Waals surface area contributed by atoms with Gasteiger partial charge < -0.3 is 14.6 Å². The second kappa shape index (κ2) is 10.3. The largest absolute Gasteiger partial charge is 0.494 e. The molecule has 0 saturated heterocycles. The Morgan fingerprint density at radius 3 is 2.14 bits per heavy atom. The maximum Gasteiger partial charge on any atom is 0.389 e. The predicted molar refractivity (Wildman–Crippen MR) is 99.9 cm³/mol. The summed E-state index contributed by atoms with van der Waals surface area (Å²) in [5, 5.41) is 8.59. The Morgan fingerprint density at radius 2 is 1.55 bits per heavy atom. The molecule has 1 N–H and O–H groups in total. The molecule has 0 aliphatic carbocycles. The van der Waals surface area contributed by atoms with Crippen molar-refractivity contribution >= 4 is 18.0 Å². The van der Waals surface area contributed by atoms with Crippen molar-refractivity contribution in [1.29, 1.82) is 0 Å². The molecule has 0 aliphatic rings. The fourth-order valence-corrected chi connectivity index (χ4v) is 2.29. The van der Waals surface area contributed by atoms with Gasteiger partial charge >= 0.3 is 18.1 Å². The summed E-state index contributed by atoms with van der Waals surface area (Å²) in [6.45, 7) is 0.165. The minimum atomic E-state index is -4.15. The smallest absolute Gasteiger partial charge is 0.389 e. The number of alkyl halides is 3. The lowest BCUT2D eigenvalue weighted by atomic mass is 10.1. The number of benzene rings is 2. The van der Waals surface area contributed by atoms with Crippen LogP contribution >= 0.6 is 0 Å². The highest BCUT2D eigenvalue weighted by molar-refractivity contribution is 5.91. The third-order valence-corrected chi connectivity index (χ3v) is 3.72. The Bertz CT molecular complexity index is 840. The third kappa shape index (κ3) is 8.50. The number of carbonyl (C=O) groups is 2. The van der Waals surface area contributed by atoms with Gasteiger partial charge in [-0.15, -0.1) is 0 Å². The van der Waals surface area contributed by atoms with Crippen LogP contribution in [-0.4, -0.2) is 29.8 Å². The molecule has 5 nitrogen and oxygen atoms in total. The molecule has 0 spiro atoms. The van der Waals surface area contributed by atoms with Crippen LogP contribution in [0.2, 0.25) is 0 Å². The highest BCUT2D eigenvalue weighted by Crippen LogP contribution is 2.23. The van der Waals surface area contributed by atoms with Crippen LogP contribution in [0.5, 0.6) is 11.5 Å². The molecule has 0 aliphatic heterocycles. The molecule has 8 heteroatoms. The number of hydrogen-bond donors (Lipinski definition) is 1. The molecular formula is C21H19F3O5. The van der Waals surface area contributed by atoms with Gasteiger partial charge in [0.2, 0.25) is 0 Å². The quantitative estimate of drug-likeness (QED) is 0.270. The molecule has 2 aromatic carbocycles. The van der Waals surface area contributed by atoms with Crippen LogP contribution in [0.3, 0.4) is 0 Å². The molecule has 29 heavy (non-hydrogen) atoms. The number of carboxylic acid groups (broad SMARTS) is 1. The van der Waals surface area contributed by atoms with Gasteiger partial charge in [-0.05, 0) is 60.9 Å². The highest BCUT2D eigenvalue weighted by atomic mass is 19.4. The monoisotopic (exact) mass is 408 g/mol. The zero-order valence-corrected chi connectivity index (χ0v) is 15.3. The predicted octanol–water partition coefficient (Wildman–Crippen LogP) is 5.12. The summed E-state index contributed by atoms with van der Waals surface area (Å²) in [6.07, 6.45) is -2.30. The van der Waals surface area contributed by atoms with E-state index in [9.17, 15) is 22.8 Å². The lowest BCUT2D eigenvalue weighted by molar-refractivity contribution is -0.136. The number of unbranched alkanes of at least 4 members (excludes halogenated alkanes) is 1. The highest BCUT2D eigenvalue weighted by Gasteiger charge is 2.25. The van der Waals surface area contributed by atoms with Crippen LogP contribution in [-0.2, 0) is 4.79 Å². The molecule has 0 atom stereocenters. The average Bonchev–Trinajstić information content (AvgIpc) is 2.67. The van der Waals surface area contributed by atoms with Gasteiger partial charge in [-0.3, -0.25) is 0 Å². The van der Waals surface area contributed by atoms with E-state index >= 15 is 0 Å². The lowest BCUT2D eigenvalue weighted by Gasteiger charge is -2.09. The minimum absolute atomic E-state index is 0.00405. The van der Waals surface area contributed by atoms with E-state index in [1.807, 2.05) is 0 Å². The molecule has 0 saturated carbocycles. The number of aliphatic carboxylic acids is 1. The van der Waals surface area contributed by atoms with Crippen molar-refractivity contribution in [3.63, 3.8) is 0 Å². The summed E-state index contributed by atoms with van der Waals surface area (Å²) in [6, 6.07) is 12.4. The van der Waals surface area contributed by atoms with Crippen LogP contribution in [0.1, 0.15) is 35.2 Å². The molecule has 0 amide bonds. The van der Waals surface area contributed by atoms with Gasteiger partial charge in [-0.1, -0.05) is 12.1 Å². The van der Waals surface area contributed by atoms with Crippen LogP contribution in [0, 0.1) is 0 Å². The molecule has 0 radical (unpaired) electrons. The number of halogens is 3. The molecule has 0 bridgehead atoms. The second-order valence-corrected chi connectivity index (χ2v) is 6.08. The Labute approximate surface area is 165 Å². The first kappa shape index (κ1) is 22.0. The lowest BCUT2D eigenvalue weighted by Crippen LogP contribution is -2.08. The standard InChI is InChI=1S/C21H19F3O5/c22-21(23,24)13-1-2-14-28-17-8-10-18(11-9-17)29-20(27)16-6-3-15(4-7-16)5-12-19(25)26/h3-12H,1-2,13-14H2,(H,25,26). The van der Waals surface area contributed by atoms with Gasteiger partial charge in [-0.2, -0.15) is 13.2 Å². The van der Waals surface area contributed by atoms with Gasteiger partial charge in [0.25, 0.3) is 0 Å². The van der Waals surface area contributed by atoms with Crippen molar-refractivity contribution in [1.82, 2.24) is 0 Å². The van der Waals surface area contributed by atoms with Crippen molar-refractivity contribution in [2.75, 3.05) is 6.61 Å². The number of rotatable bonds is 9. The van der Waals surface area contributed by atoms with E-state index in [2.05, 4.69) is 0 Å². The molecule has 0 heterocycles. The van der Waals surface area contributed by atoms with Gasteiger partial charge in [0.1, 0.15) is 11.5 Å². The number of hydrogen-bond acceptors (Lipinski definition) is 4. The van der Waals surface area contributed by atoms with Crippen molar-refractivity contribution in [3.8, 4) is 11.5 Å². The van der Waals surface area contributed by atoms with Crippen molar-refractivity contribution in [2.45, 2.75) is 25.4 Å². The number of carboxylic acids is 1. The zero-order valence-electron chi connectivity index (χ0n) is 15.3. The van der Waals surface area contributed by atoms with Gasteiger partial charge in [-0.25, -0.2) is 9.59 Å². The number of ether oxygens (including phenoxy) is 2. The molecule has 0 aromatic heterocycles. The number of esters is 1. The van der Waals surface area contributed by atoms with Crippen LogP contribution in [0.25, 0.3) is 6.08 Å². The van der Waals surface area contributed by atoms with E-state index in [1.54, 1.807) is 24.3 Å². The summed E-state index contributed by atoms with van der Waals surface area (Å²) >= 11 is 0. The van der Waals surface area contributed by atoms with E-state index in [4.69, 9.17) is 14.6 Å². The zero-order chi connectivity index (χ0) is 21.3. The fraction of sp³-hybridized carbons (Fsp3) is 0.238. The number of carbonyl (C=O) groups excluding carboxylic acids is 1. The van der Waals surface area contributed by atoms with E-state index in [1.165, 1.54) is 30.3 Å². The van der Waals surface area contributed by atoms with E-state index < -0.39 is 24.5 Å². The summed E-state index contributed by atoms with van der Waals surface area (Å²) in [7, 11) is 0. The average molecular weight is 408 g/mol. The van der Waals surface area contributed by atoms with Crippen molar-refractivity contribution in [2.24, 2.45) is 0 Å². The van der Waals surface area contributed by atoms with Crippen LogP contribution < -0.4 is 9.47 Å². The summed E-state index contributed by atoms with van der Waals surface area (Å²) in [4.78, 5) is 22.6. The first-order valence-electron chi connectivity index (χ1n) is 8.76. The normalized spacial score (nSPS) is 11.4. The van der Waals surface area contributed by atoms with Gasteiger partial charge in [0.05, 0.1) is 12.2 Å². The topological polar surface area (TPSA) is 72.8 Å². The van der Waals surface area contributed by atoms with E-state index in [0.717, 1.165) is 6.08 Å². The Balaban J connectivity index is 1.81. The Morgan fingerprint density at radius 1 is 0.931 bits per heavy atom. The van der Waals surface area contributed by atoms with E-state index in [0.29, 0.717) is 16.9 Å². The molecule has 154 valence electrons. The first-order valence-corrected chi connectivity index (χ1v) is 8.76. The summed E-state index contributed by atoms with van der Waals surface area (Å²) in [5.41, 5.74) is 0.920. The fourth-order valence-electron chi connectivity index (χ4n) is 2.29. The van der Waals surface area contributed by atoms with Gasteiger partial charge in [0, 0.05) is 12.5 Å². The summed E-state index contributed by atoms with van der Waals surface area (Å²) < 4.78 is 46.8. The molecule has 0 unspecified atom stereocenters. The van der Waals surface area contributed by atoms with Crippen molar-refractivity contribution in [3.05, 3.63) is 65.7 Å². The van der Waals surface area contributed by atoms with E-state index in [-0.39, 0.29) is 25.2 Å². The van der Waals surface area contributed by atoms with Crippen LogP contribution in [0.4, 0.5) is 13.2 Å². The molecule has 0 fully saturated rings. The molecular weight excluding hydrogens is 389 g/mol. The summed E-state index contributed by atoms with van der Waals surface area (Å²) in [5.74, 6) is -0.901. The first-order chi connectivity index (χ1) is 13.7. The Kier molecular flexibility index (Phi) is 7.82. The maximum absolute atomic E-state index is 12.1. The van der Waals surface area contributed by atoms with Crippen LogP contribution in [0.15, 0.2) is 54.6 Å². The maximum atomic E-state index is 12.1. The third-order valence-electron chi connectivity index (χ3n) is 3.72.